The van der Waals surface area contributed by atoms with E-state index < -0.39 is 0 Å². The van der Waals surface area contributed by atoms with Crippen LogP contribution in [0.15, 0.2) is 42.7 Å². The van der Waals surface area contributed by atoms with Crippen molar-refractivity contribution >= 4 is 5.91 Å². The van der Waals surface area contributed by atoms with E-state index in [9.17, 15) is 4.79 Å². The molecule has 0 fully saturated rings. The number of nitrogens with two attached hydrogens (primary N) is 1. The molecule has 0 bridgehead atoms. The maximum Gasteiger partial charge on any atom is 0.234 e. The molecule has 0 aliphatic heterocycles. The maximum atomic E-state index is 10.9. The average Bonchev–Trinajstić information content (AvgIpc) is 2.93. The van der Waals surface area contributed by atoms with Crippen molar-refractivity contribution in [3.8, 4) is 17.5 Å². The minimum atomic E-state index is -0.214. The van der Waals surface area contributed by atoms with Crippen LogP contribution in [0.2, 0.25) is 0 Å². The van der Waals surface area contributed by atoms with Crippen LogP contribution in [0, 0.1) is 11.8 Å². The molecular weight excluding hydrogens is 240 g/mol. The predicted molar refractivity (Wildman–Crippen MR) is 72.5 cm³/mol. The van der Waals surface area contributed by atoms with Gasteiger partial charge in [0.15, 0.2) is 0 Å². The zero-order valence-electron chi connectivity index (χ0n) is 10.3. The van der Waals surface area contributed by atoms with E-state index in [1.165, 1.54) is 0 Å². The Bertz CT molecular complexity index is 607. The average molecular weight is 254 g/mol. The number of aromatic nitrogens is 2. The summed E-state index contributed by atoms with van der Waals surface area (Å²) in [6, 6.07) is 9.78. The Balaban J connectivity index is 1.99. The molecule has 2 aromatic rings. The summed E-state index contributed by atoms with van der Waals surface area (Å²) < 4.78 is 1.75. The molecule has 1 aromatic heterocycles. The molecule has 0 saturated carbocycles. The summed E-state index contributed by atoms with van der Waals surface area (Å²) in [5.41, 5.74) is 6.94. The first-order valence-electron chi connectivity index (χ1n) is 5.85. The fourth-order valence-corrected chi connectivity index (χ4v) is 1.47. The SMILES string of the molecule is NCC(=O)NCC#Cc1cnn(-c2ccccc2)c1. The predicted octanol–water partition coefficient (Wildman–Crippen LogP) is 0.299. The van der Waals surface area contributed by atoms with Gasteiger partial charge in [-0.25, -0.2) is 4.68 Å². The van der Waals surface area contributed by atoms with Crippen molar-refractivity contribution in [1.82, 2.24) is 15.1 Å². The van der Waals surface area contributed by atoms with E-state index in [4.69, 9.17) is 5.73 Å². The molecule has 0 saturated heterocycles. The molecule has 0 aliphatic rings. The summed E-state index contributed by atoms with van der Waals surface area (Å²) in [7, 11) is 0. The lowest BCUT2D eigenvalue weighted by atomic mass is 10.3. The van der Waals surface area contributed by atoms with Gasteiger partial charge in [-0.1, -0.05) is 30.0 Å². The Morgan fingerprint density at radius 1 is 1.37 bits per heavy atom. The first kappa shape index (κ1) is 12.9. The Hall–Kier alpha value is -2.58. The van der Waals surface area contributed by atoms with Gasteiger partial charge in [-0.2, -0.15) is 5.10 Å². The number of rotatable bonds is 3. The van der Waals surface area contributed by atoms with Gasteiger partial charge >= 0.3 is 0 Å². The number of nitrogens with zero attached hydrogens (tertiary/aromatic N) is 2. The number of hydrogen-bond acceptors (Lipinski definition) is 3. The third kappa shape index (κ3) is 3.69. The van der Waals surface area contributed by atoms with Gasteiger partial charge in [-0.15, -0.1) is 0 Å². The molecule has 1 aromatic carbocycles. The second kappa shape index (κ2) is 6.38. The molecule has 0 aliphatic carbocycles. The molecule has 0 atom stereocenters. The minimum Gasteiger partial charge on any atom is -0.344 e. The summed E-state index contributed by atoms with van der Waals surface area (Å²) in [4.78, 5) is 10.9. The molecule has 0 spiro atoms. The first-order chi connectivity index (χ1) is 9.29. The van der Waals surface area contributed by atoms with E-state index in [1.807, 2.05) is 36.5 Å². The molecule has 0 unspecified atom stereocenters. The minimum absolute atomic E-state index is 0.0202. The van der Waals surface area contributed by atoms with E-state index in [-0.39, 0.29) is 19.0 Å². The normalized spacial score (nSPS) is 9.53. The molecule has 5 heteroatoms. The standard InChI is InChI=1S/C14H14N4O/c15-9-14(19)16-8-4-5-12-10-17-18(11-12)13-6-2-1-3-7-13/h1-3,6-7,10-11H,8-9,15H2,(H,16,19). The zero-order chi connectivity index (χ0) is 13.5. The van der Waals surface area contributed by atoms with Crippen molar-refractivity contribution in [3.05, 3.63) is 48.3 Å². The summed E-state index contributed by atoms with van der Waals surface area (Å²) >= 11 is 0. The Labute approximate surface area is 111 Å². The molecule has 19 heavy (non-hydrogen) atoms. The number of hydrogen-bond donors (Lipinski definition) is 2. The highest BCUT2D eigenvalue weighted by atomic mass is 16.1. The third-order valence-corrected chi connectivity index (χ3v) is 2.40. The Morgan fingerprint density at radius 3 is 2.89 bits per heavy atom. The fourth-order valence-electron chi connectivity index (χ4n) is 1.47. The second-order valence-corrected chi connectivity index (χ2v) is 3.79. The van der Waals surface area contributed by atoms with Crippen molar-refractivity contribution in [2.45, 2.75) is 0 Å². The quantitative estimate of drug-likeness (QED) is 0.774. The number of carbonyl (C=O) groups is 1. The van der Waals surface area contributed by atoms with Gasteiger partial charge < -0.3 is 11.1 Å². The van der Waals surface area contributed by atoms with Gasteiger partial charge in [0.05, 0.1) is 30.5 Å². The van der Waals surface area contributed by atoms with Gasteiger partial charge in [-0.3, -0.25) is 4.79 Å². The smallest absolute Gasteiger partial charge is 0.234 e. The highest BCUT2D eigenvalue weighted by Crippen LogP contribution is 2.06. The van der Waals surface area contributed by atoms with Crippen molar-refractivity contribution < 1.29 is 4.79 Å². The van der Waals surface area contributed by atoms with E-state index in [1.54, 1.807) is 10.9 Å². The molecular formula is C14H14N4O. The van der Waals surface area contributed by atoms with Crippen LogP contribution in [0.3, 0.4) is 0 Å². The first-order valence-corrected chi connectivity index (χ1v) is 5.85. The van der Waals surface area contributed by atoms with Crippen LogP contribution < -0.4 is 11.1 Å². The summed E-state index contributed by atoms with van der Waals surface area (Å²) in [6.45, 7) is 0.264. The molecule has 1 amide bonds. The largest absolute Gasteiger partial charge is 0.344 e. The number of para-hydroxylation sites is 1. The number of nitrogens with one attached hydrogen (secondary N) is 1. The third-order valence-electron chi connectivity index (χ3n) is 2.40. The van der Waals surface area contributed by atoms with Crippen molar-refractivity contribution in [2.24, 2.45) is 5.73 Å². The lowest BCUT2D eigenvalue weighted by Crippen LogP contribution is -2.30. The lowest BCUT2D eigenvalue weighted by molar-refractivity contribution is -0.119. The summed E-state index contributed by atoms with van der Waals surface area (Å²) in [5.74, 6) is 5.55. The van der Waals surface area contributed by atoms with Crippen LogP contribution in [0.25, 0.3) is 5.69 Å². The van der Waals surface area contributed by atoms with Gasteiger partial charge in [0.25, 0.3) is 0 Å². The highest BCUT2D eigenvalue weighted by Gasteiger charge is 1.97. The number of benzene rings is 1. The van der Waals surface area contributed by atoms with Crippen molar-refractivity contribution in [3.63, 3.8) is 0 Å². The summed E-state index contributed by atoms with van der Waals surface area (Å²) in [6.07, 6.45) is 3.53. The van der Waals surface area contributed by atoms with Crippen LogP contribution in [0.1, 0.15) is 5.56 Å². The molecule has 1 heterocycles. The number of carbonyl (C=O) groups excluding carboxylic acids is 1. The van der Waals surface area contributed by atoms with Gasteiger partial charge in [0, 0.05) is 6.20 Å². The summed E-state index contributed by atoms with van der Waals surface area (Å²) in [5, 5.41) is 6.80. The molecule has 2 rings (SSSR count). The van der Waals surface area contributed by atoms with Gasteiger partial charge in [-0.05, 0) is 12.1 Å². The Morgan fingerprint density at radius 2 is 2.16 bits per heavy atom. The van der Waals surface area contributed by atoms with E-state index in [0.29, 0.717) is 0 Å². The van der Waals surface area contributed by atoms with E-state index >= 15 is 0 Å². The Kier molecular flexibility index (Phi) is 4.32. The second-order valence-electron chi connectivity index (χ2n) is 3.79. The zero-order valence-corrected chi connectivity index (χ0v) is 10.3. The van der Waals surface area contributed by atoms with Crippen molar-refractivity contribution in [2.75, 3.05) is 13.1 Å². The van der Waals surface area contributed by atoms with E-state index in [2.05, 4.69) is 22.3 Å². The van der Waals surface area contributed by atoms with Gasteiger partial charge in [0.2, 0.25) is 5.91 Å². The maximum absolute atomic E-state index is 10.9. The van der Waals surface area contributed by atoms with Crippen LogP contribution in [-0.2, 0) is 4.79 Å². The highest BCUT2D eigenvalue weighted by molar-refractivity contribution is 5.77. The molecule has 96 valence electrons. The van der Waals surface area contributed by atoms with Crippen LogP contribution in [0.5, 0.6) is 0 Å². The van der Waals surface area contributed by atoms with Gasteiger partial charge in [0.1, 0.15) is 0 Å². The fraction of sp³-hybridized carbons (Fsp3) is 0.143. The number of amides is 1. The monoisotopic (exact) mass is 254 g/mol. The molecule has 0 radical (unpaired) electrons. The van der Waals surface area contributed by atoms with Crippen LogP contribution in [0.4, 0.5) is 0 Å². The molecule has 3 N–H and O–H groups in total. The molecule has 5 nitrogen and oxygen atoms in total. The van der Waals surface area contributed by atoms with Crippen LogP contribution in [-0.4, -0.2) is 28.8 Å². The van der Waals surface area contributed by atoms with Crippen LogP contribution >= 0.6 is 0 Å². The van der Waals surface area contributed by atoms with Crippen molar-refractivity contribution in [1.29, 1.82) is 0 Å². The topological polar surface area (TPSA) is 72.9 Å². The van der Waals surface area contributed by atoms with E-state index in [0.717, 1.165) is 11.3 Å². The lowest BCUT2D eigenvalue weighted by Gasteiger charge is -1.98.